The van der Waals surface area contributed by atoms with Crippen molar-refractivity contribution >= 4 is 39.8 Å². The molecule has 2 aromatic carbocycles. The number of benzene rings is 2. The van der Waals surface area contributed by atoms with Crippen LogP contribution in [0.4, 0.5) is 4.39 Å². The molecule has 0 unspecified atom stereocenters. The average Bonchev–Trinajstić information content (AvgIpc) is 2.98. The van der Waals surface area contributed by atoms with Crippen LogP contribution in [0.15, 0.2) is 51.6 Å². The number of halogens is 2. The van der Waals surface area contributed by atoms with Gasteiger partial charge in [-0.1, -0.05) is 0 Å². The van der Waals surface area contributed by atoms with Crippen LogP contribution >= 0.6 is 15.9 Å². The monoisotopic (exact) mass is 433 g/mol. The Morgan fingerprint density at radius 2 is 1.96 bits per heavy atom. The minimum Gasteiger partial charge on any atom is -0.493 e. The topological polar surface area (TPSA) is 74.2 Å². The molecule has 1 aliphatic rings. The van der Waals surface area contributed by atoms with Crippen molar-refractivity contribution in [2.45, 2.75) is 6.92 Å². The van der Waals surface area contributed by atoms with Gasteiger partial charge in [-0.3, -0.25) is 4.79 Å². The van der Waals surface area contributed by atoms with Gasteiger partial charge in [0.25, 0.3) is 0 Å². The maximum absolute atomic E-state index is 13.0. The van der Waals surface area contributed by atoms with Gasteiger partial charge >= 0.3 is 11.9 Å². The van der Waals surface area contributed by atoms with Crippen molar-refractivity contribution in [3.63, 3.8) is 0 Å². The van der Waals surface area contributed by atoms with E-state index in [9.17, 15) is 14.0 Å². The zero-order valence-corrected chi connectivity index (χ0v) is 15.9. The normalized spacial score (nSPS) is 14.7. The van der Waals surface area contributed by atoms with Crippen molar-refractivity contribution in [3.8, 4) is 11.5 Å². The van der Waals surface area contributed by atoms with Gasteiger partial charge in [0.2, 0.25) is 5.90 Å². The molecular formula is C19H13BrFNO5. The number of rotatable bonds is 4. The summed E-state index contributed by atoms with van der Waals surface area (Å²) in [7, 11) is 1.43. The lowest BCUT2D eigenvalue weighted by Crippen LogP contribution is -2.05. The number of esters is 2. The third-order valence-corrected chi connectivity index (χ3v) is 4.10. The van der Waals surface area contributed by atoms with Crippen molar-refractivity contribution in [1.82, 2.24) is 0 Å². The number of carbonyl (C=O) groups is 2. The number of nitrogens with zero attached hydrogens (tertiary/aromatic N) is 1. The summed E-state index contributed by atoms with van der Waals surface area (Å²) in [5.41, 5.74) is 1.13. The van der Waals surface area contributed by atoms with Gasteiger partial charge in [0.1, 0.15) is 5.82 Å². The Morgan fingerprint density at radius 3 is 2.59 bits per heavy atom. The van der Waals surface area contributed by atoms with Crippen LogP contribution in [0.3, 0.4) is 0 Å². The Kier molecular flexibility index (Phi) is 5.36. The van der Waals surface area contributed by atoms with Crippen LogP contribution in [0, 0.1) is 5.82 Å². The number of hydrogen-bond donors (Lipinski definition) is 0. The first-order valence-electron chi connectivity index (χ1n) is 7.72. The highest BCUT2D eigenvalue weighted by Gasteiger charge is 2.24. The Labute approximate surface area is 162 Å². The second-order valence-electron chi connectivity index (χ2n) is 5.47. The molecule has 0 spiro atoms. The van der Waals surface area contributed by atoms with E-state index >= 15 is 0 Å². The molecule has 0 aliphatic carbocycles. The first-order chi connectivity index (χ1) is 12.9. The molecule has 0 radical (unpaired) electrons. The van der Waals surface area contributed by atoms with Crippen molar-refractivity contribution < 1.29 is 28.2 Å². The van der Waals surface area contributed by atoms with E-state index in [2.05, 4.69) is 20.9 Å². The number of carbonyl (C=O) groups excluding carboxylic acids is 2. The molecule has 0 amide bonds. The lowest BCUT2D eigenvalue weighted by Gasteiger charge is -2.11. The fourth-order valence-corrected chi connectivity index (χ4v) is 2.89. The maximum Gasteiger partial charge on any atom is 0.363 e. The molecule has 3 rings (SSSR count). The first kappa shape index (κ1) is 18.8. The third kappa shape index (κ3) is 4.22. The molecule has 1 heterocycles. The van der Waals surface area contributed by atoms with Crippen LogP contribution in [0.1, 0.15) is 18.1 Å². The van der Waals surface area contributed by atoms with Crippen LogP contribution in [0.25, 0.3) is 6.08 Å². The summed E-state index contributed by atoms with van der Waals surface area (Å²) in [5.74, 6) is -0.892. The van der Waals surface area contributed by atoms with Gasteiger partial charge in [-0.05, 0) is 64.0 Å². The molecule has 0 bridgehead atoms. The molecule has 2 aromatic rings. The van der Waals surface area contributed by atoms with Crippen LogP contribution in [0.2, 0.25) is 0 Å². The van der Waals surface area contributed by atoms with Gasteiger partial charge in [0.05, 0.1) is 11.6 Å². The Balaban J connectivity index is 1.96. The van der Waals surface area contributed by atoms with Gasteiger partial charge in [-0.25, -0.2) is 14.2 Å². The minimum atomic E-state index is -0.631. The Bertz CT molecular complexity index is 982. The zero-order chi connectivity index (χ0) is 19.6. The van der Waals surface area contributed by atoms with E-state index in [0.717, 1.165) is 0 Å². The van der Waals surface area contributed by atoms with E-state index < -0.39 is 17.8 Å². The second kappa shape index (κ2) is 7.71. The molecule has 1 aliphatic heterocycles. The molecule has 8 heteroatoms. The van der Waals surface area contributed by atoms with E-state index in [4.69, 9.17) is 14.2 Å². The van der Waals surface area contributed by atoms with Gasteiger partial charge in [-0.2, -0.15) is 0 Å². The highest BCUT2D eigenvalue weighted by Crippen LogP contribution is 2.37. The second-order valence-corrected chi connectivity index (χ2v) is 6.33. The number of aliphatic imine (C=N–C) groups is 1. The van der Waals surface area contributed by atoms with Crippen molar-refractivity contribution in [3.05, 3.63) is 63.5 Å². The summed E-state index contributed by atoms with van der Waals surface area (Å²) in [4.78, 5) is 27.5. The van der Waals surface area contributed by atoms with E-state index in [-0.39, 0.29) is 17.3 Å². The summed E-state index contributed by atoms with van der Waals surface area (Å²) in [6.45, 7) is 1.28. The van der Waals surface area contributed by atoms with Crippen LogP contribution < -0.4 is 9.47 Å². The van der Waals surface area contributed by atoms with Gasteiger partial charge < -0.3 is 14.2 Å². The molecule has 0 saturated heterocycles. The standard InChI is InChI=1S/C19H13BrFNO5/c1-10(23)26-17-14(20)7-11(9-16(17)25-2)8-15-19(24)27-18(22-15)12-3-5-13(21)6-4-12/h3-9H,1-2H3/b15-8-. The van der Waals surface area contributed by atoms with Crippen molar-refractivity contribution in [2.75, 3.05) is 7.11 Å². The third-order valence-electron chi connectivity index (χ3n) is 3.51. The summed E-state index contributed by atoms with van der Waals surface area (Å²) >= 11 is 3.31. The summed E-state index contributed by atoms with van der Waals surface area (Å²) in [6, 6.07) is 8.68. The lowest BCUT2D eigenvalue weighted by atomic mass is 10.1. The molecule has 0 aromatic heterocycles. The van der Waals surface area contributed by atoms with E-state index in [1.165, 1.54) is 44.4 Å². The molecule has 0 saturated carbocycles. The van der Waals surface area contributed by atoms with Crippen molar-refractivity contribution in [2.24, 2.45) is 4.99 Å². The first-order valence-corrected chi connectivity index (χ1v) is 8.51. The average molecular weight is 434 g/mol. The number of ether oxygens (including phenoxy) is 3. The number of cyclic esters (lactones) is 1. The molecule has 0 N–H and O–H groups in total. The fourth-order valence-electron chi connectivity index (χ4n) is 2.35. The van der Waals surface area contributed by atoms with E-state index in [1.54, 1.807) is 12.1 Å². The van der Waals surface area contributed by atoms with Crippen molar-refractivity contribution in [1.29, 1.82) is 0 Å². The van der Waals surface area contributed by atoms with Gasteiger partial charge in [0, 0.05) is 12.5 Å². The number of methoxy groups -OCH3 is 1. The van der Waals surface area contributed by atoms with E-state index in [0.29, 0.717) is 21.3 Å². The minimum absolute atomic E-state index is 0.0727. The molecule has 0 atom stereocenters. The van der Waals surface area contributed by atoms with Crippen LogP contribution in [-0.2, 0) is 14.3 Å². The molecule has 27 heavy (non-hydrogen) atoms. The lowest BCUT2D eigenvalue weighted by molar-refractivity contribution is -0.132. The van der Waals surface area contributed by atoms with Gasteiger partial charge in [-0.15, -0.1) is 0 Å². The number of hydrogen-bond acceptors (Lipinski definition) is 6. The molecule has 138 valence electrons. The Hall–Kier alpha value is -3.00. The zero-order valence-electron chi connectivity index (χ0n) is 14.3. The predicted molar refractivity (Wildman–Crippen MR) is 99.0 cm³/mol. The smallest absolute Gasteiger partial charge is 0.363 e. The summed E-state index contributed by atoms with van der Waals surface area (Å²) in [6.07, 6.45) is 1.50. The molecule has 6 nitrogen and oxygen atoms in total. The van der Waals surface area contributed by atoms with Gasteiger partial charge in [0.15, 0.2) is 17.2 Å². The van der Waals surface area contributed by atoms with Crippen LogP contribution in [-0.4, -0.2) is 24.9 Å². The maximum atomic E-state index is 13.0. The predicted octanol–water partition coefficient (Wildman–Crippen LogP) is 3.87. The summed E-state index contributed by atoms with van der Waals surface area (Å²) < 4.78 is 29.0. The fraction of sp³-hybridized carbons (Fsp3) is 0.105. The summed E-state index contributed by atoms with van der Waals surface area (Å²) in [5, 5.41) is 0. The molecular weight excluding hydrogens is 421 g/mol. The van der Waals surface area contributed by atoms with E-state index in [1.807, 2.05) is 0 Å². The highest BCUT2D eigenvalue weighted by molar-refractivity contribution is 9.10. The molecule has 0 fully saturated rings. The largest absolute Gasteiger partial charge is 0.493 e. The Morgan fingerprint density at radius 1 is 1.26 bits per heavy atom. The quantitative estimate of drug-likeness (QED) is 0.415. The van der Waals surface area contributed by atoms with Crippen LogP contribution in [0.5, 0.6) is 11.5 Å². The highest BCUT2D eigenvalue weighted by atomic mass is 79.9. The SMILES string of the molecule is COc1cc(/C=C2\N=C(c3ccc(F)cc3)OC2=O)cc(Br)c1OC(C)=O.